The smallest absolute Gasteiger partial charge is 0.113 e. The molecule has 1 aliphatic rings. The van der Waals surface area contributed by atoms with Crippen LogP contribution in [0.25, 0.3) is 0 Å². The topological polar surface area (TPSA) is 3.24 Å². The summed E-state index contributed by atoms with van der Waals surface area (Å²) in [5.74, 6) is 0. The van der Waals surface area contributed by atoms with Gasteiger partial charge in [0, 0.05) is 18.8 Å². The van der Waals surface area contributed by atoms with Crippen LogP contribution < -0.4 is 10.4 Å². The number of anilines is 1. The number of benzene rings is 1. The number of hydrogen-bond acceptors (Lipinski definition) is 1. The Hall–Kier alpha value is -0.915. The average molecular weight is 171 g/mol. The predicted octanol–water partition coefficient (Wildman–Crippen LogP) is 1.39. The molecule has 2 heteroatoms. The molecule has 1 aromatic carbocycles. The van der Waals surface area contributed by atoms with Crippen LogP contribution in [0.15, 0.2) is 18.2 Å². The maximum atomic E-state index is 5.77. The van der Waals surface area contributed by atoms with Gasteiger partial charge in [0.15, 0.2) is 0 Å². The molecule has 0 spiro atoms. The molecule has 2 rings (SSSR count). The molecule has 0 atom stereocenters. The van der Waals surface area contributed by atoms with Crippen molar-refractivity contribution in [3.05, 3.63) is 23.8 Å². The molecule has 0 saturated carbocycles. The molecule has 2 radical (unpaired) electrons. The minimum atomic E-state index is 0.868. The maximum absolute atomic E-state index is 5.77. The van der Waals surface area contributed by atoms with Gasteiger partial charge in [-0.1, -0.05) is 17.6 Å². The zero-order valence-corrected chi connectivity index (χ0v) is 8.09. The molecule has 0 amide bonds. The third-order valence-corrected chi connectivity index (χ3v) is 2.68. The first-order valence-corrected chi connectivity index (χ1v) is 4.88. The third-order valence-electron chi connectivity index (χ3n) is 2.68. The summed E-state index contributed by atoms with van der Waals surface area (Å²) >= 11 is 0. The normalized spacial score (nSPS) is 16.5. The van der Waals surface area contributed by atoms with Crippen LogP contribution in [-0.4, -0.2) is 20.9 Å². The van der Waals surface area contributed by atoms with Crippen molar-refractivity contribution >= 4 is 19.0 Å². The Balaban J connectivity index is 2.32. The summed E-state index contributed by atoms with van der Waals surface area (Å²) in [6.45, 7) is 4.52. The second-order valence-electron chi connectivity index (χ2n) is 3.74. The minimum Gasteiger partial charge on any atom is -0.371 e. The molecule has 0 unspecified atom stereocenters. The van der Waals surface area contributed by atoms with Gasteiger partial charge in [-0.25, -0.2) is 0 Å². The first-order valence-electron chi connectivity index (χ1n) is 4.88. The Bertz CT molecular complexity index is 303. The van der Waals surface area contributed by atoms with E-state index in [1.54, 1.807) is 0 Å². The van der Waals surface area contributed by atoms with Gasteiger partial charge in [-0.2, -0.15) is 0 Å². The Labute approximate surface area is 81.2 Å². The second kappa shape index (κ2) is 3.45. The lowest BCUT2D eigenvalue weighted by molar-refractivity contribution is 0.949. The molecule has 0 aromatic heterocycles. The van der Waals surface area contributed by atoms with Crippen LogP contribution in [0.5, 0.6) is 0 Å². The van der Waals surface area contributed by atoms with Gasteiger partial charge in [0.05, 0.1) is 0 Å². The summed E-state index contributed by atoms with van der Waals surface area (Å²) in [5, 5.41) is 0. The van der Waals surface area contributed by atoms with Crippen molar-refractivity contribution in [3.8, 4) is 0 Å². The van der Waals surface area contributed by atoms with E-state index in [0.29, 0.717) is 0 Å². The van der Waals surface area contributed by atoms with Gasteiger partial charge in [-0.15, -0.1) is 0 Å². The van der Waals surface area contributed by atoms with Crippen LogP contribution in [0.4, 0.5) is 5.69 Å². The predicted molar refractivity (Wildman–Crippen MR) is 58.0 cm³/mol. The number of hydrogen-bond donors (Lipinski definition) is 0. The summed E-state index contributed by atoms with van der Waals surface area (Å²) in [7, 11) is 5.77. The van der Waals surface area contributed by atoms with Gasteiger partial charge in [0.2, 0.25) is 0 Å². The zero-order chi connectivity index (χ0) is 9.26. The van der Waals surface area contributed by atoms with E-state index < -0.39 is 0 Å². The van der Waals surface area contributed by atoms with Gasteiger partial charge in [-0.05, 0) is 31.4 Å². The molecule has 1 saturated heterocycles. The van der Waals surface area contributed by atoms with Crippen LogP contribution in [0, 0.1) is 6.92 Å². The van der Waals surface area contributed by atoms with E-state index in [9.17, 15) is 0 Å². The van der Waals surface area contributed by atoms with E-state index in [4.69, 9.17) is 7.85 Å². The van der Waals surface area contributed by atoms with E-state index >= 15 is 0 Å². The molecule has 66 valence electrons. The van der Waals surface area contributed by atoms with Crippen LogP contribution >= 0.6 is 0 Å². The molecule has 1 aromatic rings. The Morgan fingerprint density at radius 3 is 2.62 bits per heavy atom. The van der Waals surface area contributed by atoms with Gasteiger partial charge in [0.25, 0.3) is 0 Å². The molecule has 1 heterocycles. The van der Waals surface area contributed by atoms with Crippen LogP contribution in [-0.2, 0) is 0 Å². The number of nitrogens with zero attached hydrogens (tertiary/aromatic N) is 1. The van der Waals surface area contributed by atoms with Crippen LogP contribution in [0.1, 0.15) is 18.4 Å². The van der Waals surface area contributed by atoms with Gasteiger partial charge < -0.3 is 4.90 Å². The monoisotopic (exact) mass is 171 g/mol. The largest absolute Gasteiger partial charge is 0.371 e. The Morgan fingerprint density at radius 2 is 1.92 bits per heavy atom. The lowest BCUT2D eigenvalue weighted by Crippen LogP contribution is -2.20. The van der Waals surface area contributed by atoms with E-state index in [-0.39, 0.29) is 0 Å². The average Bonchev–Trinajstić information content (AvgIpc) is 2.61. The standard InChI is InChI=1S/C11H14BN/c1-9-4-5-10(12)8-11(9)13-6-2-3-7-13/h4-5,8H,2-3,6-7H2,1H3. The van der Waals surface area contributed by atoms with Crippen LogP contribution in [0.3, 0.4) is 0 Å². The summed E-state index contributed by atoms with van der Waals surface area (Å²) in [4.78, 5) is 2.42. The first kappa shape index (κ1) is 8.67. The van der Waals surface area contributed by atoms with Crippen molar-refractivity contribution in [1.82, 2.24) is 0 Å². The van der Waals surface area contributed by atoms with E-state index in [0.717, 1.165) is 5.46 Å². The summed E-state index contributed by atoms with van der Waals surface area (Å²) in [6, 6.07) is 6.15. The molecule has 0 N–H and O–H groups in total. The highest BCUT2D eigenvalue weighted by Gasteiger charge is 2.13. The molecule has 1 aliphatic heterocycles. The zero-order valence-electron chi connectivity index (χ0n) is 8.09. The Kier molecular flexibility index (Phi) is 2.30. The molecule has 13 heavy (non-hydrogen) atoms. The Morgan fingerprint density at radius 1 is 1.23 bits per heavy atom. The molecular weight excluding hydrogens is 157 g/mol. The number of rotatable bonds is 1. The van der Waals surface area contributed by atoms with Crippen molar-refractivity contribution in [2.24, 2.45) is 0 Å². The van der Waals surface area contributed by atoms with Crippen molar-refractivity contribution in [2.45, 2.75) is 19.8 Å². The van der Waals surface area contributed by atoms with Crippen molar-refractivity contribution in [2.75, 3.05) is 18.0 Å². The maximum Gasteiger partial charge on any atom is 0.113 e. The fourth-order valence-electron chi connectivity index (χ4n) is 1.93. The quantitative estimate of drug-likeness (QED) is 0.577. The lowest BCUT2D eigenvalue weighted by atomic mass is 9.94. The van der Waals surface area contributed by atoms with Gasteiger partial charge in [0.1, 0.15) is 7.85 Å². The van der Waals surface area contributed by atoms with E-state index in [2.05, 4.69) is 24.0 Å². The van der Waals surface area contributed by atoms with Crippen molar-refractivity contribution in [1.29, 1.82) is 0 Å². The summed E-state index contributed by atoms with van der Waals surface area (Å²) in [6.07, 6.45) is 2.63. The molecule has 0 bridgehead atoms. The van der Waals surface area contributed by atoms with Crippen molar-refractivity contribution < 1.29 is 0 Å². The minimum absolute atomic E-state index is 0.868. The number of aryl methyl sites for hydroxylation is 1. The highest BCUT2D eigenvalue weighted by molar-refractivity contribution is 6.32. The second-order valence-corrected chi connectivity index (χ2v) is 3.74. The third kappa shape index (κ3) is 1.72. The molecule has 1 nitrogen and oxygen atoms in total. The SMILES string of the molecule is [B]c1ccc(C)c(N2CCCC2)c1. The van der Waals surface area contributed by atoms with Crippen molar-refractivity contribution in [3.63, 3.8) is 0 Å². The fraction of sp³-hybridized carbons (Fsp3) is 0.455. The molecular formula is C11H14BN. The first-order chi connectivity index (χ1) is 6.27. The van der Waals surface area contributed by atoms with E-state index in [1.165, 1.54) is 37.2 Å². The highest BCUT2D eigenvalue weighted by atomic mass is 15.1. The van der Waals surface area contributed by atoms with Crippen LogP contribution in [0.2, 0.25) is 0 Å². The molecule has 0 aliphatic carbocycles. The summed E-state index contributed by atoms with van der Waals surface area (Å²) in [5.41, 5.74) is 3.51. The fourth-order valence-corrected chi connectivity index (χ4v) is 1.93. The molecule has 1 fully saturated rings. The van der Waals surface area contributed by atoms with E-state index in [1.807, 2.05) is 6.07 Å². The van der Waals surface area contributed by atoms with Gasteiger partial charge >= 0.3 is 0 Å². The highest BCUT2D eigenvalue weighted by Crippen LogP contribution is 2.22. The summed E-state index contributed by atoms with van der Waals surface area (Å²) < 4.78 is 0. The van der Waals surface area contributed by atoms with Gasteiger partial charge in [-0.3, -0.25) is 0 Å². The lowest BCUT2D eigenvalue weighted by Gasteiger charge is -2.20.